The van der Waals surface area contributed by atoms with Crippen molar-refractivity contribution in [2.45, 2.75) is 22.8 Å². The van der Waals surface area contributed by atoms with Crippen molar-refractivity contribution < 1.29 is 8.42 Å². The summed E-state index contributed by atoms with van der Waals surface area (Å²) in [4.78, 5) is 1.34. The Kier molecular flexibility index (Phi) is 4.92. The van der Waals surface area contributed by atoms with E-state index in [-0.39, 0.29) is 10.9 Å². The van der Waals surface area contributed by atoms with Crippen LogP contribution in [0.1, 0.15) is 18.5 Å². The number of primary sulfonamides is 1. The number of nitrogens with two attached hydrogens (primary N) is 1. The van der Waals surface area contributed by atoms with Crippen LogP contribution in [0.4, 0.5) is 5.69 Å². The number of anilines is 1. The number of thioether (sulfide) groups is 1. The molecule has 0 saturated heterocycles. The van der Waals surface area contributed by atoms with E-state index >= 15 is 0 Å². The van der Waals surface area contributed by atoms with Gasteiger partial charge in [0.15, 0.2) is 0 Å². The summed E-state index contributed by atoms with van der Waals surface area (Å²) in [6, 6.07) is 14.8. The lowest BCUT2D eigenvalue weighted by atomic mass is 10.1. The van der Waals surface area contributed by atoms with Crippen LogP contribution in [0.15, 0.2) is 58.3 Å². The van der Waals surface area contributed by atoms with Crippen LogP contribution in [0.2, 0.25) is 0 Å². The van der Waals surface area contributed by atoms with Crippen LogP contribution in [-0.4, -0.2) is 14.7 Å². The maximum absolute atomic E-state index is 11.2. The first-order valence-electron chi connectivity index (χ1n) is 6.43. The minimum absolute atomic E-state index is 0.0691. The van der Waals surface area contributed by atoms with Crippen LogP contribution < -0.4 is 10.5 Å². The van der Waals surface area contributed by atoms with Crippen molar-refractivity contribution in [3.05, 3.63) is 54.1 Å². The van der Waals surface area contributed by atoms with Gasteiger partial charge in [-0.1, -0.05) is 12.1 Å². The molecule has 0 aliphatic carbocycles. The number of hydrogen-bond acceptors (Lipinski definition) is 4. The van der Waals surface area contributed by atoms with Gasteiger partial charge in [-0.15, -0.1) is 11.8 Å². The van der Waals surface area contributed by atoms with E-state index in [1.54, 1.807) is 23.9 Å². The van der Waals surface area contributed by atoms with Gasteiger partial charge < -0.3 is 5.32 Å². The molecule has 0 radical (unpaired) electrons. The largest absolute Gasteiger partial charge is 0.379 e. The summed E-state index contributed by atoms with van der Waals surface area (Å²) in [5, 5.41) is 8.47. The first-order chi connectivity index (χ1) is 9.90. The molecule has 0 bridgehead atoms. The lowest BCUT2D eigenvalue weighted by molar-refractivity contribution is 0.597. The summed E-state index contributed by atoms with van der Waals surface area (Å²) in [7, 11) is -3.63. The Morgan fingerprint density at radius 1 is 1.05 bits per heavy atom. The monoisotopic (exact) mass is 322 g/mol. The maximum Gasteiger partial charge on any atom is 0.238 e. The third-order valence-corrected chi connectivity index (χ3v) is 4.85. The second kappa shape index (κ2) is 6.51. The number of sulfonamides is 1. The lowest BCUT2D eigenvalue weighted by Crippen LogP contribution is -2.12. The average molecular weight is 322 g/mol. The van der Waals surface area contributed by atoms with Crippen LogP contribution in [-0.2, 0) is 10.0 Å². The Balaban J connectivity index is 2.10. The van der Waals surface area contributed by atoms with E-state index in [1.165, 1.54) is 17.0 Å². The average Bonchev–Trinajstić information content (AvgIpc) is 2.47. The van der Waals surface area contributed by atoms with Gasteiger partial charge in [-0.3, -0.25) is 0 Å². The van der Waals surface area contributed by atoms with Crippen LogP contribution >= 0.6 is 11.8 Å². The van der Waals surface area contributed by atoms with Gasteiger partial charge >= 0.3 is 0 Å². The second-order valence-corrected chi connectivity index (χ2v) is 7.15. The molecule has 1 atom stereocenters. The van der Waals surface area contributed by atoms with E-state index in [1.807, 2.05) is 25.3 Å². The fourth-order valence-electron chi connectivity index (χ4n) is 1.97. The number of nitrogens with one attached hydrogen (secondary N) is 1. The molecule has 0 saturated carbocycles. The zero-order valence-electron chi connectivity index (χ0n) is 11.9. The SMILES string of the molecule is CSc1ccc(NC(C)c2ccc(S(N)(=O)=O)cc2)cc1. The smallest absolute Gasteiger partial charge is 0.238 e. The van der Waals surface area contributed by atoms with Crippen LogP contribution in [0.5, 0.6) is 0 Å². The minimum atomic E-state index is -3.63. The van der Waals surface area contributed by atoms with Gasteiger partial charge in [0.05, 0.1) is 4.90 Å². The summed E-state index contributed by atoms with van der Waals surface area (Å²) in [5.41, 5.74) is 2.02. The molecule has 2 aromatic rings. The zero-order valence-corrected chi connectivity index (χ0v) is 13.5. The first-order valence-corrected chi connectivity index (χ1v) is 9.20. The van der Waals surface area contributed by atoms with E-state index in [0.717, 1.165) is 11.3 Å². The molecule has 0 aliphatic heterocycles. The summed E-state index contributed by atoms with van der Waals surface area (Å²) in [6.45, 7) is 2.02. The highest BCUT2D eigenvalue weighted by Crippen LogP contribution is 2.22. The van der Waals surface area contributed by atoms with Crippen molar-refractivity contribution in [2.24, 2.45) is 5.14 Å². The molecule has 6 heteroatoms. The lowest BCUT2D eigenvalue weighted by Gasteiger charge is -2.16. The van der Waals surface area contributed by atoms with Gasteiger partial charge in [0, 0.05) is 16.6 Å². The normalized spacial score (nSPS) is 12.9. The molecular formula is C15H18N2O2S2. The van der Waals surface area contributed by atoms with Gasteiger partial charge in [-0.2, -0.15) is 0 Å². The molecule has 0 spiro atoms. The highest BCUT2D eigenvalue weighted by Gasteiger charge is 2.10. The summed E-state index contributed by atoms with van der Waals surface area (Å²) in [6.07, 6.45) is 2.04. The molecule has 0 fully saturated rings. The highest BCUT2D eigenvalue weighted by atomic mass is 32.2. The number of benzene rings is 2. The van der Waals surface area contributed by atoms with Crippen LogP contribution in [0.3, 0.4) is 0 Å². The first kappa shape index (κ1) is 15.9. The molecule has 0 amide bonds. The molecule has 4 nitrogen and oxygen atoms in total. The summed E-state index contributed by atoms with van der Waals surface area (Å²) in [5.74, 6) is 0. The maximum atomic E-state index is 11.2. The third kappa shape index (κ3) is 4.23. The van der Waals surface area contributed by atoms with Gasteiger partial charge in [0.1, 0.15) is 0 Å². The fraction of sp³-hybridized carbons (Fsp3) is 0.200. The molecule has 3 N–H and O–H groups in total. The molecule has 0 aromatic heterocycles. The van der Waals surface area contributed by atoms with Crippen molar-refractivity contribution in [3.8, 4) is 0 Å². The third-order valence-electron chi connectivity index (χ3n) is 3.18. The standard InChI is InChI=1S/C15H18N2O2S2/c1-11(17-13-5-7-14(20-2)8-6-13)12-3-9-15(10-4-12)21(16,18)19/h3-11,17H,1-2H3,(H2,16,18,19). The fourth-order valence-corrected chi connectivity index (χ4v) is 2.89. The Bertz CT molecular complexity index is 695. The topological polar surface area (TPSA) is 72.2 Å². The molecular weight excluding hydrogens is 304 g/mol. The molecule has 2 aromatic carbocycles. The zero-order chi connectivity index (χ0) is 15.5. The Morgan fingerprint density at radius 2 is 1.62 bits per heavy atom. The van der Waals surface area contributed by atoms with E-state index in [0.29, 0.717) is 0 Å². The van der Waals surface area contributed by atoms with Gasteiger partial charge in [-0.05, 0) is 55.1 Å². The Hall–Kier alpha value is -1.50. The highest BCUT2D eigenvalue weighted by molar-refractivity contribution is 7.98. The van der Waals surface area contributed by atoms with E-state index in [2.05, 4.69) is 17.4 Å². The molecule has 112 valence electrons. The Morgan fingerprint density at radius 3 is 2.10 bits per heavy atom. The molecule has 1 unspecified atom stereocenters. The van der Waals surface area contributed by atoms with Crippen molar-refractivity contribution in [1.29, 1.82) is 0 Å². The predicted octanol–water partition coefficient (Wildman–Crippen LogP) is 3.23. The minimum Gasteiger partial charge on any atom is -0.379 e. The summed E-state index contributed by atoms with van der Waals surface area (Å²) >= 11 is 1.70. The molecule has 21 heavy (non-hydrogen) atoms. The van der Waals surface area contributed by atoms with E-state index in [4.69, 9.17) is 5.14 Å². The predicted molar refractivity (Wildman–Crippen MR) is 88.1 cm³/mol. The van der Waals surface area contributed by atoms with Gasteiger partial charge in [0.2, 0.25) is 10.0 Å². The van der Waals surface area contributed by atoms with Crippen LogP contribution in [0, 0.1) is 0 Å². The number of rotatable bonds is 5. The summed E-state index contributed by atoms with van der Waals surface area (Å²) < 4.78 is 22.5. The van der Waals surface area contributed by atoms with Crippen LogP contribution in [0.25, 0.3) is 0 Å². The van der Waals surface area contributed by atoms with E-state index in [9.17, 15) is 8.42 Å². The molecule has 0 aliphatic rings. The van der Waals surface area contributed by atoms with Crippen molar-refractivity contribution in [2.75, 3.05) is 11.6 Å². The van der Waals surface area contributed by atoms with Crippen molar-refractivity contribution in [3.63, 3.8) is 0 Å². The van der Waals surface area contributed by atoms with Crippen molar-refractivity contribution in [1.82, 2.24) is 0 Å². The van der Waals surface area contributed by atoms with Crippen molar-refractivity contribution >= 4 is 27.5 Å². The van der Waals surface area contributed by atoms with Gasteiger partial charge in [0.25, 0.3) is 0 Å². The Labute approximate surface area is 129 Å². The van der Waals surface area contributed by atoms with Gasteiger partial charge in [-0.25, -0.2) is 13.6 Å². The van der Waals surface area contributed by atoms with E-state index < -0.39 is 10.0 Å². The molecule has 2 rings (SSSR count). The quantitative estimate of drug-likeness (QED) is 0.829. The second-order valence-electron chi connectivity index (χ2n) is 4.71. The number of hydrogen-bond donors (Lipinski definition) is 2. The molecule has 0 heterocycles.